The van der Waals surface area contributed by atoms with Gasteiger partial charge < -0.3 is 19.5 Å². The van der Waals surface area contributed by atoms with Crippen molar-refractivity contribution in [3.63, 3.8) is 0 Å². The van der Waals surface area contributed by atoms with Gasteiger partial charge in [-0.1, -0.05) is 0 Å². The van der Waals surface area contributed by atoms with Gasteiger partial charge in [-0.25, -0.2) is 0 Å². The molecule has 1 aliphatic heterocycles. The van der Waals surface area contributed by atoms with Crippen LogP contribution in [0.4, 0.5) is 0 Å². The summed E-state index contributed by atoms with van der Waals surface area (Å²) in [6, 6.07) is 0.489. The Balaban J connectivity index is 2.05. The van der Waals surface area contributed by atoms with Crippen molar-refractivity contribution in [1.29, 1.82) is 0 Å². The summed E-state index contributed by atoms with van der Waals surface area (Å²) in [4.78, 5) is 0. The lowest BCUT2D eigenvalue weighted by Gasteiger charge is -2.28. The smallest absolute Gasteiger partial charge is 0.169 e. The molecular formula is C9H19NO3. The molecule has 1 rings (SSSR count). The van der Waals surface area contributed by atoms with E-state index in [0.717, 1.165) is 19.8 Å². The fourth-order valence-electron chi connectivity index (χ4n) is 1.15. The van der Waals surface area contributed by atoms with Gasteiger partial charge in [0.05, 0.1) is 19.3 Å². The molecule has 1 saturated heterocycles. The Labute approximate surface area is 79.5 Å². The van der Waals surface area contributed by atoms with Crippen LogP contribution in [-0.4, -0.2) is 45.3 Å². The van der Waals surface area contributed by atoms with Gasteiger partial charge in [0.1, 0.15) is 0 Å². The molecule has 4 nitrogen and oxygen atoms in total. The molecule has 0 aromatic heterocycles. The summed E-state index contributed by atoms with van der Waals surface area (Å²) in [7, 11) is 0. The Kier molecular flexibility index (Phi) is 5.31. The van der Waals surface area contributed by atoms with Gasteiger partial charge >= 0.3 is 0 Å². The molecule has 1 N–H and O–H groups in total. The molecule has 0 amide bonds. The summed E-state index contributed by atoms with van der Waals surface area (Å²) in [6.07, 6.45) is -0.115. The summed E-state index contributed by atoms with van der Waals surface area (Å²) in [5.74, 6) is 0. The highest BCUT2D eigenvalue weighted by molar-refractivity contribution is 4.73. The maximum absolute atomic E-state index is 5.38. The zero-order chi connectivity index (χ0) is 9.52. The minimum absolute atomic E-state index is 0.115. The number of ether oxygens (including phenoxy) is 3. The van der Waals surface area contributed by atoms with Crippen LogP contribution in [0.25, 0.3) is 0 Å². The van der Waals surface area contributed by atoms with E-state index >= 15 is 0 Å². The van der Waals surface area contributed by atoms with Crippen molar-refractivity contribution in [2.45, 2.75) is 26.2 Å². The summed E-state index contributed by atoms with van der Waals surface area (Å²) < 4.78 is 15.8. The van der Waals surface area contributed by atoms with Crippen LogP contribution in [0.15, 0.2) is 0 Å². The van der Waals surface area contributed by atoms with E-state index in [1.165, 1.54) is 0 Å². The molecule has 1 aliphatic rings. The van der Waals surface area contributed by atoms with Crippen LogP contribution in [0.5, 0.6) is 0 Å². The maximum Gasteiger partial charge on any atom is 0.169 e. The van der Waals surface area contributed by atoms with E-state index < -0.39 is 0 Å². The molecule has 0 aromatic carbocycles. The van der Waals surface area contributed by atoms with Gasteiger partial charge in [0.2, 0.25) is 0 Å². The van der Waals surface area contributed by atoms with E-state index in [-0.39, 0.29) is 6.29 Å². The molecule has 0 aliphatic carbocycles. The van der Waals surface area contributed by atoms with E-state index in [1.807, 2.05) is 13.8 Å². The van der Waals surface area contributed by atoms with Crippen molar-refractivity contribution in [3.8, 4) is 0 Å². The molecule has 0 unspecified atom stereocenters. The molecule has 0 spiro atoms. The van der Waals surface area contributed by atoms with Crippen molar-refractivity contribution >= 4 is 0 Å². The first kappa shape index (κ1) is 10.9. The normalized spacial score (nSPS) is 17.8. The summed E-state index contributed by atoms with van der Waals surface area (Å²) in [5.41, 5.74) is 0. The highest BCUT2D eigenvalue weighted by atomic mass is 16.7. The molecular weight excluding hydrogens is 170 g/mol. The number of hydrogen-bond acceptors (Lipinski definition) is 4. The largest absolute Gasteiger partial charge is 0.378 e. The van der Waals surface area contributed by atoms with Gasteiger partial charge in [-0.05, 0) is 13.8 Å². The predicted molar refractivity (Wildman–Crippen MR) is 49.6 cm³/mol. The predicted octanol–water partition coefficient (Wildman–Crippen LogP) is 0.374. The molecule has 1 fully saturated rings. The average molecular weight is 189 g/mol. The van der Waals surface area contributed by atoms with Crippen molar-refractivity contribution < 1.29 is 14.2 Å². The lowest BCUT2D eigenvalue weighted by molar-refractivity contribution is -0.137. The standard InChI is InChI=1S/C9H19NO3/c1-3-12-9(13-4-2)5-10-8-6-11-7-8/h8-10H,3-7H2,1-2H3. The van der Waals surface area contributed by atoms with Crippen molar-refractivity contribution in [3.05, 3.63) is 0 Å². The monoisotopic (exact) mass is 189 g/mol. The van der Waals surface area contributed by atoms with Crippen LogP contribution >= 0.6 is 0 Å². The molecule has 1 heterocycles. The quantitative estimate of drug-likeness (QED) is 0.587. The number of rotatable bonds is 7. The zero-order valence-electron chi connectivity index (χ0n) is 8.41. The Morgan fingerprint density at radius 3 is 2.31 bits per heavy atom. The van der Waals surface area contributed by atoms with Gasteiger partial charge in [0, 0.05) is 19.8 Å². The first-order valence-electron chi connectivity index (χ1n) is 4.91. The van der Waals surface area contributed by atoms with Crippen LogP contribution in [-0.2, 0) is 14.2 Å². The van der Waals surface area contributed by atoms with E-state index in [9.17, 15) is 0 Å². The van der Waals surface area contributed by atoms with Crippen LogP contribution in [0, 0.1) is 0 Å². The summed E-state index contributed by atoms with van der Waals surface area (Å²) in [5, 5.41) is 3.31. The lowest BCUT2D eigenvalue weighted by atomic mass is 10.2. The molecule has 13 heavy (non-hydrogen) atoms. The van der Waals surface area contributed by atoms with E-state index in [4.69, 9.17) is 14.2 Å². The second kappa shape index (κ2) is 6.32. The second-order valence-corrected chi connectivity index (χ2v) is 2.98. The highest BCUT2D eigenvalue weighted by Crippen LogP contribution is 2.01. The van der Waals surface area contributed by atoms with Crippen molar-refractivity contribution in [1.82, 2.24) is 5.32 Å². The minimum Gasteiger partial charge on any atom is -0.378 e. The highest BCUT2D eigenvalue weighted by Gasteiger charge is 2.19. The molecule has 0 saturated carbocycles. The molecule has 0 bridgehead atoms. The third-order valence-corrected chi connectivity index (χ3v) is 1.92. The van der Waals surface area contributed by atoms with Crippen molar-refractivity contribution in [2.75, 3.05) is 33.0 Å². The van der Waals surface area contributed by atoms with Gasteiger partial charge in [0.25, 0.3) is 0 Å². The van der Waals surface area contributed by atoms with E-state index in [2.05, 4.69) is 5.32 Å². The molecule has 78 valence electrons. The Hall–Kier alpha value is -0.160. The third-order valence-electron chi connectivity index (χ3n) is 1.92. The Morgan fingerprint density at radius 2 is 1.92 bits per heavy atom. The fraction of sp³-hybridized carbons (Fsp3) is 1.00. The molecule has 4 heteroatoms. The first-order valence-corrected chi connectivity index (χ1v) is 4.91. The lowest BCUT2D eigenvalue weighted by Crippen LogP contribution is -2.49. The summed E-state index contributed by atoms with van der Waals surface area (Å²) >= 11 is 0. The SMILES string of the molecule is CCOC(CNC1COC1)OCC. The number of hydrogen-bond donors (Lipinski definition) is 1. The summed E-state index contributed by atoms with van der Waals surface area (Å²) in [6.45, 7) is 7.68. The zero-order valence-corrected chi connectivity index (χ0v) is 8.41. The van der Waals surface area contributed by atoms with Gasteiger partial charge in [0.15, 0.2) is 6.29 Å². The topological polar surface area (TPSA) is 39.7 Å². The Bertz CT molecular complexity index is 122. The van der Waals surface area contributed by atoms with Crippen molar-refractivity contribution in [2.24, 2.45) is 0 Å². The second-order valence-electron chi connectivity index (χ2n) is 2.98. The molecule has 0 aromatic rings. The fourth-order valence-corrected chi connectivity index (χ4v) is 1.15. The van der Waals surface area contributed by atoms with E-state index in [1.54, 1.807) is 0 Å². The molecule has 0 radical (unpaired) electrons. The first-order chi connectivity index (χ1) is 6.36. The average Bonchev–Trinajstić information content (AvgIpc) is 2.02. The number of nitrogens with one attached hydrogen (secondary N) is 1. The maximum atomic E-state index is 5.38. The third kappa shape index (κ3) is 4.04. The minimum atomic E-state index is -0.115. The van der Waals surface area contributed by atoms with Crippen LogP contribution in [0.1, 0.15) is 13.8 Å². The van der Waals surface area contributed by atoms with Crippen LogP contribution < -0.4 is 5.32 Å². The van der Waals surface area contributed by atoms with Gasteiger partial charge in [-0.2, -0.15) is 0 Å². The van der Waals surface area contributed by atoms with Gasteiger partial charge in [-0.3, -0.25) is 0 Å². The van der Waals surface area contributed by atoms with Crippen LogP contribution in [0.2, 0.25) is 0 Å². The van der Waals surface area contributed by atoms with Gasteiger partial charge in [-0.15, -0.1) is 0 Å². The Morgan fingerprint density at radius 1 is 1.31 bits per heavy atom. The van der Waals surface area contributed by atoms with Crippen LogP contribution in [0.3, 0.4) is 0 Å². The molecule has 0 atom stereocenters. The van der Waals surface area contributed by atoms with E-state index in [0.29, 0.717) is 19.3 Å².